The third-order valence-electron chi connectivity index (χ3n) is 4.11. The van der Waals surface area contributed by atoms with Crippen molar-refractivity contribution in [2.45, 2.75) is 26.9 Å². The van der Waals surface area contributed by atoms with Gasteiger partial charge in [-0.1, -0.05) is 12.1 Å². The van der Waals surface area contributed by atoms with Crippen LogP contribution in [0.15, 0.2) is 47.6 Å². The number of carbonyl (C=O) groups is 1. The van der Waals surface area contributed by atoms with Crippen LogP contribution in [0.3, 0.4) is 0 Å². The van der Waals surface area contributed by atoms with Gasteiger partial charge in [-0.25, -0.2) is 4.99 Å². The number of nitrogens with one attached hydrogen (secondary N) is 2. The quantitative estimate of drug-likeness (QED) is 0.592. The van der Waals surface area contributed by atoms with Crippen molar-refractivity contribution < 1.29 is 4.79 Å². The Hall–Kier alpha value is -2.76. The molecule has 0 aliphatic rings. The van der Waals surface area contributed by atoms with Gasteiger partial charge in [-0.05, 0) is 43.7 Å². The Labute approximate surface area is 155 Å². The Morgan fingerprint density at radius 1 is 1.12 bits per heavy atom. The molecule has 0 radical (unpaired) electrons. The van der Waals surface area contributed by atoms with Crippen molar-refractivity contribution in [2.75, 3.05) is 20.1 Å². The minimum Gasteiger partial charge on any atom is -0.357 e. The van der Waals surface area contributed by atoms with Crippen molar-refractivity contribution in [3.8, 4) is 0 Å². The zero-order chi connectivity index (χ0) is 18.9. The summed E-state index contributed by atoms with van der Waals surface area (Å²) in [6, 6.07) is 11.8. The summed E-state index contributed by atoms with van der Waals surface area (Å²) >= 11 is 0. The highest BCUT2D eigenvalue weighted by molar-refractivity contribution is 5.94. The summed E-state index contributed by atoms with van der Waals surface area (Å²) in [5.41, 5.74) is 2.97. The molecule has 2 aromatic rings. The first-order valence-electron chi connectivity index (χ1n) is 9.02. The summed E-state index contributed by atoms with van der Waals surface area (Å²) in [6.45, 7) is 6.76. The number of hydrogen-bond donors (Lipinski definition) is 2. The molecule has 1 amide bonds. The van der Waals surface area contributed by atoms with Crippen LogP contribution in [0.2, 0.25) is 0 Å². The van der Waals surface area contributed by atoms with Crippen LogP contribution >= 0.6 is 0 Å². The number of carbonyl (C=O) groups excluding carboxylic acids is 1. The number of guanidine groups is 1. The molecule has 0 bridgehead atoms. The average molecular weight is 355 g/mol. The normalized spacial score (nSPS) is 11.3. The van der Waals surface area contributed by atoms with E-state index in [0.29, 0.717) is 18.7 Å². The van der Waals surface area contributed by atoms with Crippen LogP contribution in [0.4, 0.5) is 0 Å². The van der Waals surface area contributed by atoms with Gasteiger partial charge in [0, 0.05) is 44.6 Å². The lowest BCUT2D eigenvalue weighted by atomic mass is 10.1. The van der Waals surface area contributed by atoms with Gasteiger partial charge in [0.1, 0.15) is 0 Å². The first kappa shape index (κ1) is 19.6. The first-order valence-corrected chi connectivity index (χ1v) is 9.02. The fourth-order valence-corrected chi connectivity index (χ4v) is 2.64. The van der Waals surface area contributed by atoms with E-state index in [1.54, 1.807) is 0 Å². The molecule has 1 heterocycles. The Morgan fingerprint density at radius 3 is 2.38 bits per heavy atom. The van der Waals surface area contributed by atoms with Crippen molar-refractivity contribution in [3.05, 3.63) is 59.4 Å². The predicted molar refractivity (Wildman–Crippen MR) is 106 cm³/mol. The van der Waals surface area contributed by atoms with Gasteiger partial charge in [0.25, 0.3) is 5.91 Å². The molecule has 26 heavy (non-hydrogen) atoms. The molecule has 0 aliphatic heterocycles. The Morgan fingerprint density at radius 2 is 1.81 bits per heavy atom. The summed E-state index contributed by atoms with van der Waals surface area (Å²) < 4.78 is 2.11. The number of hydrogen-bond acceptors (Lipinski definition) is 2. The standard InChI is InChI=1S/C20H29N5O/c1-5-21-19(26)17-11-9-16(10-12-17)14-23-20(22-6-2)25(4)15-18-8-7-13-24(18)3/h7-13H,5-6,14-15H2,1-4H3,(H,21,26)(H,22,23). The lowest BCUT2D eigenvalue weighted by Crippen LogP contribution is -2.38. The van der Waals surface area contributed by atoms with Gasteiger partial charge in [-0.3, -0.25) is 4.79 Å². The molecule has 1 aromatic carbocycles. The number of rotatable bonds is 7. The molecule has 0 saturated heterocycles. The van der Waals surface area contributed by atoms with E-state index in [1.807, 2.05) is 57.5 Å². The van der Waals surface area contributed by atoms with Gasteiger partial charge < -0.3 is 20.1 Å². The molecule has 0 saturated carbocycles. The minimum absolute atomic E-state index is 0.0433. The highest BCUT2D eigenvalue weighted by Crippen LogP contribution is 2.08. The molecule has 140 valence electrons. The van der Waals surface area contributed by atoms with E-state index >= 15 is 0 Å². The second-order valence-corrected chi connectivity index (χ2v) is 6.19. The summed E-state index contributed by atoms with van der Waals surface area (Å²) in [5.74, 6) is 0.819. The monoisotopic (exact) mass is 355 g/mol. The van der Waals surface area contributed by atoms with Gasteiger partial charge in [-0.15, -0.1) is 0 Å². The van der Waals surface area contributed by atoms with Gasteiger partial charge in [-0.2, -0.15) is 0 Å². The lowest BCUT2D eigenvalue weighted by Gasteiger charge is -2.22. The van der Waals surface area contributed by atoms with Crippen molar-refractivity contribution >= 4 is 11.9 Å². The van der Waals surface area contributed by atoms with Gasteiger partial charge in [0.2, 0.25) is 0 Å². The lowest BCUT2D eigenvalue weighted by molar-refractivity contribution is 0.0956. The van der Waals surface area contributed by atoms with E-state index in [1.165, 1.54) is 5.69 Å². The second kappa shape index (κ2) is 9.65. The third kappa shape index (κ3) is 5.37. The first-order chi connectivity index (χ1) is 12.5. The van der Waals surface area contributed by atoms with Crippen LogP contribution in [0.25, 0.3) is 0 Å². The van der Waals surface area contributed by atoms with E-state index in [2.05, 4.69) is 33.1 Å². The largest absolute Gasteiger partial charge is 0.357 e. The molecule has 0 spiro atoms. The maximum Gasteiger partial charge on any atom is 0.251 e. The molecule has 1 aromatic heterocycles. The van der Waals surface area contributed by atoms with Crippen LogP contribution in [0.5, 0.6) is 0 Å². The zero-order valence-electron chi connectivity index (χ0n) is 16.1. The van der Waals surface area contributed by atoms with Gasteiger partial charge >= 0.3 is 0 Å². The Kier molecular flexibility index (Phi) is 7.26. The number of amides is 1. The Balaban J connectivity index is 2.03. The van der Waals surface area contributed by atoms with Crippen molar-refractivity contribution in [2.24, 2.45) is 12.0 Å². The highest BCUT2D eigenvalue weighted by atomic mass is 16.1. The summed E-state index contributed by atoms with van der Waals surface area (Å²) in [6.07, 6.45) is 2.05. The molecule has 2 rings (SSSR count). The van der Waals surface area contributed by atoms with Crippen LogP contribution < -0.4 is 10.6 Å². The van der Waals surface area contributed by atoms with Crippen LogP contribution in [-0.4, -0.2) is 41.5 Å². The average Bonchev–Trinajstić information content (AvgIpc) is 3.04. The topological polar surface area (TPSA) is 61.7 Å². The van der Waals surface area contributed by atoms with E-state index in [4.69, 9.17) is 4.99 Å². The minimum atomic E-state index is -0.0433. The molecule has 0 aliphatic carbocycles. The molecule has 6 heteroatoms. The van der Waals surface area contributed by atoms with Crippen molar-refractivity contribution in [1.82, 2.24) is 20.1 Å². The van der Waals surface area contributed by atoms with Crippen molar-refractivity contribution in [1.29, 1.82) is 0 Å². The smallest absolute Gasteiger partial charge is 0.251 e. The molecule has 0 atom stereocenters. The summed E-state index contributed by atoms with van der Waals surface area (Å²) in [5, 5.41) is 6.14. The van der Waals surface area contributed by atoms with E-state index in [9.17, 15) is 4.79 Å². The zero-order valence-corrected chi connectivity index (χ0v) is 16.1. The van der Waals surface area contributed by atoms with E-state index in [0.717, 1.165) is 24.6 Å². The fourth-order valence-electron chi connectivity index (χ4n) is 2.64. The molecule has 2 N–H and O–H groups in total. The van der Waals surface area contributed by atoms with E-state index < -0.39 is 0 Å². The summed E-state index contributed by atoms with van der Waals surface area (Å²) in [7, 11) is 4.08. The third-order valence-corrected chi connectivity index (χ3v) is 4.11. The maximum atomic E-state index is 11.8. The molecular weight excluding hydrogens is 326 g/mol. The van der Waals surface area contributed by atoms with E-state index in [-0.39, 0.29) is 5.91 Å². The fraction of sp³-hybridized carbons (Fsp3) is 0.400. The number of aryl methyl sites for hydroxylation is 1. The number of nitrogens with zero attached hydrogens (tertiary/aromatic N) is 3. The summed E-state index contributed by atoms with van der Waals surface area (Å²) in [4.78, 5) is 18.7. The molecule has 6 nitrogen and oxygen atoms in total. The van der Waals surface area contributed by atoms with Crippen LogP contribution in [0.1, 0.15) is 35.5 Å². The SMILES string of the molecule is CCNC(=O)c1ccc(CN=C(NCC)N(C)Cc2cccn2C)cc1. The maximum absolute atomic E-state index is 11.8. The van der Waals surface area contributed by atoms with Crippen LogP contribution in [-0.2, 0) is 20.1 Å². The second-order valence-electron chi connectivity index (χ2n) is 6.19. The van der Waals surface area contributed by atoms with Crippen molar-refractivity contribution in [3.63, 3.8) is 0 Å². The predicted octanol–water partition coefficient (Wildman–Crippen LogP) is 2.37. The number of aliphatic imine (C=N–C) groups is 1. The molecular formula is C20H29N5O. The van der Waals surface area contributed by atoms with Crippen LogP contribution in [0, 0.1) is 0 Å². The number of aromatic nitrogens is 1. The van der Waals surface area contributed by atoms with Gasteiger partial charge in [0.05, 0.1) is 13.1 Å². The number of benzene rings is 1. The molecule has 0 fully saturated rings. The highest BCUT2D eigenvalue weighted by Gasteiger charge is 2.08. The molecule has 0 unspecified atom stereocenters. The Bertz CT molecular complexity index is 733. The van der Waals surface area contributed by atoms with Gasteiger partial charge in [0.15, 0.2) is 5.96 Å².